The maximum absolute atomic E-state index is 10.7. The molecular weight excluding hydrogens is 1650 g/mol. The van der Waals surface area contributed by atoms with E-state index < -0.39 is 86.3 Å². The molecule has 97 heavy (non-hydrogen) atoms. The standard InChI is InChI=1S/C34H36N3P2.C18H15P.C4H10O.4CHF3O3S.K.Pt/c1-5-15-29(16-6-1)38(30-17-7-2-8-18-30)27-25-36-33-23-13-14-24-34(33)37(35-36)26-28-39(31-19-9-3-10-20-31)32-21-11-4-12-22-32;1-4-10-16(11-5-1)19(17-12-6-2-7-13-17)18-14-8-3-9-15-18;1-3-5-4-2;4*2-1(3,4)8(5,6)7;;/h1-12,15-22H,13-14,23-28H2;1-15H;3-4H2,1-2H3;4*(H,5,6,7);;/q+1;;;;;;;+1;+2/p-1. The first-order valence-corrected chi connectivity index (χ1v) is 38.4. The van der Waals surface area contributed by atoms with E-state index in [1.165, 1.54) is 61.4 Å². The molecule has 528 valence electrons. The maximum Gasteiger partial charge on any atom is 2.00 e. The monoisotopic (exact) mass is 1720 g/mol. The molecule has 16 nitrogen and oxygen atoms in total. The van der Waals surface area contributed by atoms with E-state index in [1.54, 1.807) is 0 Å². The van der Waals surface area contributed by atoms with Gasteiger partial charge in [0.25, 0.3) is 0 Å². The van der Waals surface area contributed by atoms with Crippen molar-refractivity contribution in [3.05, 3.63) is 224 Å². The van der Waals surface area contributed by atoms with Crippen LogP contribution in [0.4, 0.5) is 52.7 Å². The second-order valence-electron chi connectivity index (χ2n) is 19.2. The molecule has 0 saturated carbocycles. The summed E-state index contributed by atoms with van der Waals surface area (Å²) in [4.78, 5) is 0. The van der Waals surface area contributed by atoms with Gasteiger partial charge < -0.3 is 22.9 Å². The topological polar surface area (TPSA) is 260 Å². The molecule has 0 aliphatic heterocycles. The Labute approximate surface area is 615 Å². The molecule has 0 atom stereocenters. The van der Waals surface area contributed by atoms with Crippen LogP contribution in [0.2, 0.25) is 0 Å². The van der Waals surface area contributed by atoms with E-state index in [0.29, 0.717) is 0 Å². The Morgan fingerprint density at radius 2 is 0.639 bits per heavy atom. The summed E-state index contributed by atoms with van der Waals surface area (Å²) in [6.45, 7) is 7.64. The number of rotatable bonds is 15. The number of hydrogen-bond acceptors (Lipinski definition) is 14. The van der Waals surface area contributed by atoms with Gasteiger partial charge in [0.05, 0.1) is 50.2 Å². The van der Waals surface area contributed by atoms with Gasteiger partial charge in [-0.2, -0.15) is 52.7 Å². The Morgan fingerprint density at radius 3 is 0.866 bits per heavy atom. The molecule has 0 amide bonds. The Bertz CT molecular complexity index is 3540. The minimum absolute atomic E-state index is 0. The first kappa shape index (κ1) is 91.1. The number of alkyl halides is 12. The predicted molar refractivity (Wildman–Crippen MR) is 341 cm³/mol. The third-order valence-corrected chi connectivity index (χ3v) is 23.2. The van der Waals surface area contributed by atoms with Crippen molar-refractivity contribution >= 4 is 101 Å². The minimum atomic E-state index is -6.09. The molecule has 0 bridgehead atoms. The van der Waals surface area contributed by atoms with Crippen molar-refractivity contribution in [2.75, 3.05) is 25.5 Å². The minimum Gasteiger partial charge on any atom is -0.741 e. The van der Waals surface area contributed by atoms with Crippen LogP contribution in [0.5, 0.6) is 0 Å². The molecule has 1 aromatic heterocycles. The van der Waals surface area contributed by atoms with Gasteiger partial charge >= 0.3 is 94.5 Å². The van der Waals surface area contributed by atoms with E-state index >= 15 is 0 Å². The molecule has 1 aliphatic carbocycles. The zero-order chi connectivity index (χ0) is 71.3. The van der Waals surface area contributed by atoms with Gasteiger partial charge in [0.2, 0.25) is 0 Å². The van der Waals surface area contributed by atoms with E-state index in [-0.39, 0.29) is 72.4 Å². The summed E-state index contributed by atoms with van der Waals surface area (Å²) in [6, 6.07) is 77.0. The fourth-order valence-corrected chi connectivity index (χ4v) is 16.1. The molecule has 0 saturated heterocycles. The fraction of sp³-hybridized carbons (Fsp3) is 0.267. The van der Waals surface area contributed by atoms with Crippen LogP contribution >= 0.6 is 23.8 Å². The van der Waals surface area contributed by atoms with Crippen molar-refractivity contribution in [1.82, 2.24) is 9.90 Å². The molecule has 0 fully saturated rings. The van der Waals surface area contributed by atoms with Crippen LogP contribution in [-0.2, 0) is 92.2 Å². The van der Waals surface area contributed by atoms with Gasteiger partial charge in [-0.3, -0.25) is 0 Å². The number of halogens is 12. The average Bonchev–Trinajstić information content (AvgIpc) is 1.57. The van der Waals surface area contributed by atoms with Gasteiger partial charge in [0.1, 0.15) is 41.3 Å². The van der Waals surface area contributed by atoms with Gasteiger partial charge in [0.15, 0.2) is 51.9 Å². The molecule has 1 aliphatic rings. The van der Waals surface area contributed by atoms with Crippen molar-refractivity contribution in [1.29, 1.82) is 0 Å². The number of hydrogen-bond donors (Lipinski definition) is 0. The van der Waals surface area contributed by atoms with Crippen LogP contribution in [0.15, 0.2) is 212 Å². The zero-order valence-corrected chi connectivity index (χ0v) is 63.1. The number of nitrogens with zero attached hydrogens (tertiary/aromatic N) is 3. The molecule has 9 rings (SSSR count). The number of fused-ring (bicyclic) bond motifs is 1. The Kier molecular flexibility index (Phi) is 40.5. The molecule has 8 aromatic rings. The summed E-state index contributed by atoms with van der Waals surface area (Å²) in [5, 5.41) is 15.5. The number of aryl methyl sites for hydroxylation is 2. The van der Waals surface area contributed by atoms with Crippen molar-refractivity contribution < 1.29 is 186 Å². The van der Waals surface area contributed by atoms with Crippen molar-refractivity contribution in [2.45, 2.75) is 74.7 Å². The maximum atomic E-state index is 10.7. The second kappa shape index (κ2) is 43.1. The van der Waals surface area contributed by atoms with Crippen LogP contribution < -0.4 is 93.2 Å². The second-order valence-corrected chi connectivity index (χ2v) is 32.4. The summed E-state index contributed by atoms with van der Waals surface area (Å²) >= 11 is 0. The molecular formula is C60H64F12KN3O13P3PtS4+3. The van der Waals surface area contributed by atoms with Crippen LogP contribution in [-0.4, -0.2) is 109 Å². The number of aromatic nitrogens is 3. The number of benzene rings is 7. The SMILES string of the molecule is CCOCC.O=S(=O)([O-])C(F)(F)F.O=S(=O)([O-])C(F)(F)F.O=S(=O)([O-])C(F)(F)F.O=S(=O)([O-])C(F)(F)F.[K+].[Pt+2].c1ccc([PH+](CCn2n[n+](CC[PH+](c3ccccc3)c3ccccc3)c3c2CCCC3)c2ccccc2)cc1.c1ccc([PH+](c2ccccc2)c2ccccc2)cc1. The van der Waals surface area contributed by atoms with Crippen molar-refractivity contribution in [3.8, 4) is 0 Å². The first-order chi connectivity index (χ1) is 44.2. The normalized spacial score (nSPS) is 12.4. The van der Waals surface area contributed by atoms with Crippen LogP contribution in [0.25, 0.3) is 0 Å². The summed E-state index contributed by atoms with van der Waals surface area (Å²) in [7, 11) is -27.0. The molecule has 37 heteroatoms. The molecule has 0 unspecified atom stereocenters. The third kappa shape index (κ3) is 32.7. The molecule has 0 spiro atoms. The van der Waals surface area contributed by atoms with Gasteiger partial charge in [-0.15, -0.1) is 9.36 Å². The van der Waals surface area contributed by atoms with Gasteiger partial charge in [-0.05, 0) is 112 Å². The van der Waals surface area contributed by atoms with E-state index in [9.17, 15) is 52.7 Å². The quantitative estimate of drug-likeness (QED) is 0.0276. The Morgan fingerprint density at radius 1 is 0.412 bits per heavy atom. The van der Waals surface area contributed by atoms with E-state index in [1.807, 2.05) is 13.8 Å². The molecule has 7 aromatic carbocycles. The molecule has 0 radical (unpaired) electrons. The van der Waals surface area contributed by atoms with Crippen LogP contribution in [0, 0.1) is 0 Å². The van der Waals surface area contributed by atoms with Gasteiger partial charge in [-0.1, -0.05) is 127 Å². The Balaban J connectivity index is 0.000000672. The summed E-state index contributed by atoms with van der Waals surface area (Å²) < 4.78 is 245. The summed E-state index contributed by atoms with van der Waals surface area (Å²) in [5.74, 6) is 0. The Hall–Kier alpha value is -3.95. The van der Waals surface area contributed by atoms with E-state index in [0.717, 1.165) is 51.5 Å². The average molecular weight is 1720 g/mol. The van der Waals surface area contributed by atoms with Crippen LogP contribution in [0.3, 0.4) is 0 Å². The van der Waals surface area contributed by atoms with Gasteiger partial charge in [0, 0.05) is 26.1 Å². The summed E-state index contributed by atoms with van der Waals surface area (Å²) in [6.07, 6.45) is 7.16. The molecule has 1 heterocycles. The van der Waals surface area contributed by atoms with Crippen LogP contribution in [0.1, 0.15) is 38.1 Å². The van der Waals surface area contributed by atoms with E-state index in [4.69, 9.17) is 61.8 Å². The largest absolute Gasteiger partial charge is 2.00 e. The van der Waals surface area contributed by atoms with Crippen molar-refractivity contribution in [3.63, 3.8) is 0 Å². The third-order valence-electron chi connectivity index (χ3n) is 12.6. The number of ether oxygens (including phenoxy) is 1. The predicted octanol–water partition coefficient (Wildman–Crippen LogP) is 6.21. The van der Waals surface area contributed by atoms with Gasteiger partial charge in [-0.25, -0.2) is 33.7 Å². The zero-order valence-electron chi connectivity index (χ0n) is 51.4. The first-order valence-electron chi connectivity index (χ1n) is 27.8. The smallest absolute Gasteiger partial charge is 0.741 e. The van der Waals surface area contributed by atoms with E-state index in [2.05, 4.69) is 222 Å². The fourth-order valence-electron chi connectivity index (χ4n) is 8.45. The van der Waals surface area contributed by atoms with Crippen molar-refractivity contribution in [2.24, 2.45) is 0 Å². The summed E-state index contributed by atoms with van der Waals surface area (Å²) in [5.41, 5.74) is -19.6. The molecule has 0 N–H and O–H groups in total.